The lowest BCUT2D eigenvalue weighted by atomic mass is 10.1. The molecular weight excluding hydrogens is 338 g/mol. The topological polar surface area (TPSA) is 94.2 Å². The third-order valence-electron chi connectivity index (χ3n) is 4.82. The molecule has 0 radical (unpaired) electrons. The summed E-state index contributed by atoms with van der Waals surface area (Å²) < 4.78 is 28.5. The molecule has 6 nitrogen and oxygen atoms in total. The average Bonchev–Trinajstić information content (AvgIpc) is 2.97. The lowest BCUT2D eigenvalue weighted by Gasteiger charge is -2.12. The Morgan fingerprint density at radius 2 is 2.00 bits per heavy atom. The van der Waals surface area contributed by atoms with Gasteiger partial charge in [-0.1, -0.05) is 18.2 Å². The molecule has 3 N–H and O–H groups in total. The molecule has 1 aromatic heterocycles. The van der Waals surface area contributed by atoms with E-state index in [0.29, 0.717) is 24.9 Å². The van der Waals surface area contributed by atoms with Crippen LogP contribution in [0.2, 0.25) is 0 Å². The van der Waals surface area contributed by atoms with Crippen LogP contribution in [-0.4, -0.2) is 31.3 Å². The molecule has 0 amide bonds. The van der Waals surface area contributed by atoms with Crippen molar-refractivity contribution in [3.8, 4) is 0 Å². The summed E-state index contributed by atoms with van der Waals surface area (Å²) in [5.41, 5.74) is 5.80. The van der Waals surface area contributed by atoms with Gasteiger partial charge in [-0.05, 0) is 49.1 Å². The highest BCUT2D eigenvalue weighted by molar-refractivity contribution is 7.89. The maximum atomic E-state index is 12.4. The van der Waals surface area contributed by atoms with Crippen LogP contribution in [0.25, 0.3) is 10.8 Å². The van der Waals surface area contributed by atoms with Gasteiger partial charge in [0.05, 0.1) is 5.75 Å². The van der Waals surface area contributed by atoms with E-state index in [9.17, 15) is 13.2 Å². The van der Waals surface area contributed by atoms with Crippen molar-refractivity contribution in [1.82, 2.24) is 9.29 Å². The van der Waals surface area contributed by atoms with Gasteiger partial charge < -0.3 is 10.3 Å². The van der Waals surface area contributed by atoms with Crippen LogP contribution in [0.15, 0.2) is 41.3 Å². The maximum Gasteiger partial charge on any atom is 0.258 e. The lowest BCUT2D eigenvalue weighted by molar-refractivity contribution is 0.537. The molecule has 0 unspecified atom stereocenters. The second-order valence-electron chi connectivity index (χ2n) is 6.87. The zero-order valence-corrected chi connectivity index (χ0v) is 15.0. The van der Waals surface area contributed by atoms with Crippen molar-refractivity contribution in [1.29, 1.82) is 0 Å². The van der Waals surface area contributed by atoms with Crippen LogP contribution >= 0.6 is 0 Å². The van der Waals surface area contributed by atoms with E-state index in [1.54, 1.807) is 10.8 Å². The molecule has 1 aromatic carbocycles. The van der Waals surface area contributed by atoms with Crippen molar-refractivity contribution in [2.24, 2.45) is 11.7 Å². The summed E-state index contributed by atoms with van der Waals surface area (Å²) in [6.07, 6.45) is 4.91. The van der Waals surface area contributed by atoms with Gasteiger partial charge in [0.25, 0.3) is 5.56 Å². The Hall–Kier alpha value is -1.70. The second kappa shape index (κ2) is 7.68. The highest BCUT2D eigenvalue weighted by atomic mass is 32.2. The SMILES string of the molecule is N[C@@H]1CC[C@H](CS(=O)(=O)NCCCn2ccc3ccccc3c2=O)C1. The van der Waals surface area contributed by atoms with E-state index in [0.717, 1.165) is 24.6 Å². The van der Waals surface area contributed by atoms with Gasteiger partial charge in [-0.25, -0.2) is 13.1 Å². The Morgan fingerprint density at radius 3 is 2.76 bits per heavy atom. The van der Waals surface area contributed by atoms with E-state index in [-0.39, 0.29) is 23.3 Å². The summed E-state index contributed by atoms with van der Waals surface area (Å²) in [7, 11) is -3.28. The zero-order chi connectivity index (χ0) is 17.9. The molecule has 1 aliphatic carbocycles. The summed E-state index contributed by atoms with van der Waals surface area (Å²) in [4.78, 5) is 12.4. The molecule has 1 saturated carbocycles. The fraction of sp³-hybridized carbons (Fsp3) is 0.500. The number of rotatable bonds is 7. The van der Waals surface area contributed by atoms with Crippen LogP contribution in [0.3, 0.4) is 0 Å². The molecule has 1 aliphatic rings. The molecule has 0 saturated heterocycles. The normalized spacial score (nSPS) is 21.0. The molecule has 7 heteroatoms. The third kappa shape index (κ3) is 4.68. The van der Waals surface area contributed by atoms with Gasteiger partial charge in [0.1, 0.15) is 0 Å². The molecule has 136 valence electrons. The monoisotopic (exact) mass is 363 g/mol. The number of aryl methyl sites for hydroxylation is 1. The molecule has 3 rings (SSSR count). The van der Waals surface area contributed by atoms with Crippen molar-refractivity contribution < 1.29 is 8.42 Å². The largest absolute Gasteiger partial charge is 0.328 e. The van der Waals surface area contributed by atoms with Gasteiger partial charge in [-0.3, -0.25) is 4.79 Å². The quantitative estimate of drug-likeness (QED) is 0.728. The van der Waals surface area contributed by atoms with Crippen LogP contribution in [0.4, 0.5) is 0 Å². The predicted octanol–water partition coefficient (Wildman–Crippen LogP) is 1.44. The van der Waals surface area contributed by atoms with Crippen molar-refractivity contribution >= 4 is 20.8 Å². The molecule has 0 spiro atoms. The zero-order valence-electron chi connectivity index (χ0n) is 14.2. The highest BCUT2D eigenvalue weighted by Gasteiger charge is 2.26. The van der Waals surface area contributed by atoms with Crippen molar-refractivity contribution in [2.45, 2.75) is 38.3 Å². The molecule has 1 heterocycles. The Balaban J connectivity index is 1.51. The van der Waals surface area contributed by atoms with Crippen molar-refractivity contribution in [3.05, 3.63) is 46.9 Å². The van der Waals surface area contributed by atoms with E-state index in [2.05, 4.69) is 4.72 Å². The molecule has 2 atom stereocenters. The predicted molar refractivity (Wildman–Crippen MR) is 99.9 cm³/mol. The maximum absolute atomic E-state index is 12.4. The molecule has 0 bridgehead atoms. The first-order valence-electron chi connectivity index (χ1n) is 8.76. The van der Waals surface area contributed by atoms with Crippen molar-refractivity contribution in [2.75, 3.05) is 12.3 Å². The summed E-state index contributed by atoms with van der Waals surface area (Å²) in [5, 5.41) is 1.60. The summed E-state index contributed by atoms with van der Waals surface area (Å²) in [6, 6.07) is 9.51. The minimum Gasteiger partial charge on any atom is -0.328 e. The van der Waals surface area contributed by atoms with E-state index in [1.807, 2.05) is 30.3 Å². The molecule has 0 aliphatic heterocycles. The number of sulfonamides is 1. The molecule has 2 aromatic rings. The number of aromatic nitrogens is 1. The number of fused-ring (bicyclic) bond motifs is 1. The Bertz CT molecular complexity index is 892. The van der Waals surface area contributed by atoms with Crippen LogP contribution in [0.1, 0.15) is 25.7 Å². The minimum absolute atomic E-state index is 0.0408. The van der Waals surface area contributed by atoms with Gasteiger partial charge in [0, 0.05) is 30.7 Å². The van der Waals surface area contributed by atoms with Crippen LogP contribution in [0, 0.1) is 5.92 Å². The van der Waals surface area contributed by atoms with Crippen molar-refractivity contribution in [3.63, 3.8) is 0 Å². The first-order valence-corrected chi connectivity index (χ1v) is 10.4. The molecule has 1 fully saturated rings. The third-order valence-corrected chi connectivity index (χ3v) is 6.37. The van der Waals surface area contributed by atoms with Gasteiger partial charge in [-0.15, -0.1) is 0 Å². The number of hydrogen-bond donors (Lipinski definition) is 2. The van der Waals surface area contributed by atoms with Gasteiger partial charge in [0.15, 0.2) is 0 Å². The Kier molecular flexibility index (Phi) is 5.56. The van der Waals surface area contributed by atoms with Crippen LogP contribution in [0.5, 0.6) is 0 Å². The Labute approximate surface area is 148 Å². The lowest BCUT2D eigenvalue weighted by Crippen LogP contribution is -2.31. The van der Waals surface area contributed by atoms with E-state index >= 15 is 0 Å². The number of pyridine rings is 1. The number of hydrogen-bond acceptors (Lipinski definition) is 4. The first-order chi connectivity index (χ1) is 11.9. The fourth-order valence-corrected chi connectivity index (χ4v) is 5.01. The van der Waals surface area contributed by atoms with Crippen LogP contribution < -0.4 is 16.0 Å². The van der Waals surface area contributed by atoms with Gasteiger partial charge >= 0.3 is 0 Å². The van der Waals surface area contributed by atoms with E-state index in [4.69, 9.17) is 5.73 Å². The molecular formula is C18H25N3O3S. The fourth-order valence-electron chi connectivity index (χ4n) is 3.52. The summed E-state index contributed by atoms with van der Waals surface area (Å²) in [6.45, 7) is 0.820. The van der Waals surface area contributed by atoms with E-state index in [1.165, 1.54) is 0 Å². The number of benzene rings is 1. The van der Waals surface area contributed by atoms with Crippen LogP contribution in [-0.2, 0) is 16.6 Å². The Morgan fingerprint density at radius 1 is 1.20 bits per heavy atom. The smallest absolute Gasteiger partial charge is 0.258 e. The second-order valence-corrected chi connectivity index (χ2v) is 8.72. The standard InChI is InChI=1S/C18H25N3O3S/c19-16-7-6-14(12-16)13-25(23,24)20-9-3-10-21-11-8-15-4-1-2-5-17(15)18(21)22/h1-2,4-5,8,11,14,16,20H,3,6-7,9-10,12-13,19H2/t14-,16+/m0/s1. The van der Waals surface area contributed by atoms with E-state index < -0.39 is 10.0 Å². The number of nitrogens with zero attached hydrogens (tertiary/aromatic N) is 1. The summed E-state index contributed by atoms with van der Waals surface area (Å²) in [5.74, 6) is 0.312. The first kappa shape index (κ1) is 18.1. The highest BCUT2D eigenvalue weighted by Crippen LogP contribution is 2.25. The minimum atomic E-state index is -3.28. The number of nitrogens with two attached hydrogens (primary N) is 1. The van der Waals surface area contributed by atoms with Gasteiger partial charge in [0.2, 0.25) is 10.0 Å². The molecule has 25 heavy (non-hydrogen) atoms. The average molecular weight is 363 g/mol. The summed E-state index contributed by atoms with van der Waals surface area (Å²) >= 11 is 0. The number of nitrogens with one attached hydrogen (secondary N) is 1. The van der Waals surface area contributed by atoms with Gasteiger partial charge in [-0.2, -0.15) is 0 Å².